The number of nitrogens with zero attached hydrogens (tertiary/aromatic N) is 1. The summed E-state index contributed by atoms with van der Waals surface area (Å²) in [7, 11) is 3.24. The Kier molecular flexibility index (Phi) is 16.8. The summed E-state index contributed by atoms with van der Waals surface area (Å²) in [6.45, 7) is 15.1. The summed E-state index contributed by atoms with van der Waals surface area (Å²) in [5, 5.41) is 11.5. The monoisotopic (exact) mass is 660 g/mol. The molecule has 2 aromatic carbocycles. The third-order valence-corrected chi connectivity index (χ3v) is 6.77. The first kappa shape index (κ1) is 36.4. The summed E-state index contributed by atoms with van der Waals surface area (Å²) >= 11 is 15.1. The fourth-order valence-corrected chi connectivity index (χ4v) is 4.52. The Bertz CT molecular complexity index is 943. The van der Waals surface area contributed by atoms with Crippen molar-refractivity contribution in [3.05, 3.63) is 50.9 Å². The molecule has 0 aromatic heterocycles. The molecule has 37 heavy (non-hydrogen) atoms. The predicted molar refractivity (Wildman–Crippen MR) is 167 cm³/mol. The maximum Gasteiger partial charge on any atom is 0.139 e. The van der Waals surface area contributed by atoms with Gasteiger partial charge in [-0.15, -0.1) is 24.8 Å². The Morgan fingerprint density at radius 1 is 0.811 bits per heavy atom. The van der Waals surface area contributed by atoms with Crippen LogP contribution in [0.5, 0.6) is 11.5 Å². The smallest absolute Gasteiger partial charge is 0.139 e. The third-order valence-electron chi connectivity index (χ3n) is 5.66. The fraction of sp³-hybridized carbons (Fsp3) is 0.538. The molecule has 2 aliphatic rings. The van der Waals surface area contributed by atoms with Crippen molar-refractivity contribution in [3.63, 3.8) is 0 Å². The highest BCUT2D eigenvalue weighted by Gasteiger charge is 2.26. The second-order valence-electron chi connectivity index (χ2n) is 9.82. The van der Waals surface area contributed by atoms with Gasteiger partial charge in [0.2, 0.25) is 0 Å². The molecular formula is C26H41BrCl4N4O2. The number of anilines is 1. The summed E-state index contributed by atoms with van der Waals surface area (Å²) in [4.78, 5) is 2.36. The first-order valence-corrected chi connectivity index (χ1v) is 13.3. The van der Waals surface area contributed by atoms with Crippen LogP contribution in [-0.4, -0.2) is 64.6 Å². The van der Waals surface area contributed by atoms with Gasteiger partial charge in [-0.05, 0) is 58.0 Å². The number of ether oxygens (including phenoxy) is 2. The summed E-state index contributed by atoms with van der Waals surface area (Å²) in [5.41, 5.74) is 1.63. The van der Waals surface area contributed by atoms with E-state index in [9.17, 15) is 0 Å². The Morgan fingerprint density at radius 3 is 1.84 bits per heavy atom. The van der Waals surface area contributed by atoms with Crippen molar-refractivity contribution >= 4 is 69.6 Å². The minimum Gasteiger partial charge on any atom is -0.495 e. The van der Waals surface area contributed by atoms with Crippen LogP contribution < -0.4 is 30.3 Å². The molecule has 0 radical (unpaired) electrons. The molecule has 0 bridgehead atoms. The van der Waals surface area contributed by atoms with Crippen LogP contribution in [0.3, 0.4) is 0 Å². The molecule has 11 heteroatoms. The van der Waals surface area contributed by atoms with Crippen molar-refractivity contribution in [1.82, 2.24) is 16.0 Å². The Hall–Kier alpha value is -0.640. The molecule has 6 nitrogen and oxygen atoms in total. The van der Waals surface area contributed by atoms with E-state index in [4.69, 9.17) is 32.7 Å². The molecule has 2 aromatic rings. The Labute approximate surface area is 253 Å². The van der Waals surface area contributed by atoms with Crippen LogP contribution in [0.25, 0.3) is 0 Å². The molecule has 0 saturated carbocycles. The maximum atomic E-state index is 6.04. The number of nitrogens with one attached hydrogen (secondary N) is 3. The zero-order valence-corrected chi connectivity index (χ0v) is 27.2. The number of methoxy groups -OCH3 is 2. The molecule has 2 saturated heterocycles. The van der Waals surface area contributed by atoms with Crippen molar-refractivity contribution in [1.29, 1.82) is 0 Å². The van der Waals surface area contributed by atoms with Crippen molar-refractivity contribution in [2.45, 2.75) is 38.8 Å². The Morgan fingerprint density at radius 2 is 1.38 bits per heavy atom. The van der Waals surface area contributed by atoms with Gasteiger partial charge in [-0.25, -0.2) is 0 Å². The minimum atomic E-state index is 0. The standard InChI is InChI=1S/C13H19ClN2O.C7H6BrClO.C6H14N2.2ClH/c1-13(2)9-16(7-6-15-13)10-4-5-11(14)12(8-10)17-3;1-10-7-4-5(8)2-3-6(7)9;1-6(2)5-7-3-4-8-6;;/h4-5,8,15H,6-7,9H2,1-3H3;2-4H,1H3;7-8H,3-5H2,1-2H3;2*1H. The van der Waals surface area contributed by atoms with Gasteiger partial charge in [0.1, 0.15) is 11.5 Å². The van der Waals surface area contributed by atoms with Crippen LogP contribution >= 0.6 is 63.9 Å². The fourth-order valence-electron chi connectivity index (χ4n) is 3.79. The highest BCUT2D eigenvalue weighted by Crippen LogP contribution is 2.30. The van der Waals surface area contributed by atoms with Gasteiger partial charge in [0.25, 0.3) is 0 Å². The molecular weight excluding hydrogens is 622 g/mol. The van der Waals surface area contributed by atoms with E-state index in [2.05, 4.69) is 64.5 Å². The number of rotatable bonds is 3. The van der Waals surface area contributed by atoms with Gasteiger partial charge in [-0.2, -0.15) is 0 Å². The van der Waals surface area contributed by atoms with E-state index < -0.39 is 0 Å². The molecule has 212 valence electrons. The average molecular weight is 663 g/mol. The van der Waals surface area contributed by atoms with Gasteiger partial charge in [0.05, 0.1) is 24.3 Å². The number of piperazine rings is 2. The van der Waals surface area contributed by atoms with Crippen molar-refractivity contribution in [2.24, 2.45) is 0 Å². The van der Waals surface area contributed by atoms with Crippen LogP contribution in [0.15, 0.2) is 40.9 Å². The molecule has 0 spiro atoms. The lowest BCUT2D eigenvalue weighted by atomic mass is 10.0. The summed E-state index contributed by atoms with van der Waals surface area (Å²) < 4.78 is 11.2. The molecule has 3 N–H and O–H groups in total. The van der Waals surface area contributed by atoms with E-state index in [1.165, 1.54) is 5.69 Å². The van der Waals surface area contributed by atoms with Crippen LogP contribution in [0.4, 0.5) is 5.69 Å². The van der Waals surface area contributed by atoms with Gasteiger partial charge in [0, 0.05) is 66.6 Å². The number of benzene rings is 2. The highest BCUT2D eigenvalue weighted by atomic mass is 79.9. The van der Waals surface area contributed by atoms with Gasteiger partial charge in [0.15, 0.2) is 0 Å². The van der Waals surface area contributed by atoms with Crippen LogP contribution in [0.2, 0.25) is 10.0 Å². The quantitative estimate of drug-likeness (QED) is 0.351. The van der Waals surface area contributed by atoms with E-state index in [0.29, 0.717) is 21.3 Å². The molecule has 4 rings (SSSR count). The zero-order chi connectivity index (χ0) is 26.1. The summed E-state index contributed by atoms with van der Waals surface area (Å²) in [6.07, 6.45) is 0. The second-order valence-corrected chi connectivity index (χ2v) is 11.5. The summed E-state index contributed by atoms with van der Waals surface area (Å²) in [5.74, 6) is 1.43. The Balaban J connectivity index is 0.000000557. The van der Waals surface area contributed by atoms with Crippen molar-refractivity contribution in [2.75, 3.05) is 58.4 Å². The number of halogens is 5. The lowest BCUT2D eigenvalue weighted by molar-refractivity contribution is 0.323. The molecule has 2 fully saturated rings. The van der Waals surface area contributed by atoms with Crippen LogP contribution in [0.1, 0.15) is 27.7 Å². The van der Waals surface area contributed by atoms with Gasteiger partial charge in [-0.3, -0.25) is 0 Å². The molecule has 0 aliphatic carbocycles. The van der Waals surface area contributed by atoms with E-state index in [0.717, 1.165) is 49.5 Å². The average Bonchev–Trinajstić information content (AvgIpc) is 2.81. The lowest BCUT2D eigenvalue weighted by Gasteiger charge is -2.40. The van der Waals surface area contributed by atoms with Gasteiger partial charge >= 0.3 is 0 Å². The number of hydrogen-bond acceptors (Lipinski definition) is 6. The molecule has 2 heterocycles. The zero-order valence-electron chi connectivity index (χ0n) is 22.4. The van der Waals surface area contributed by atoms with Gasteiger partial charge < -0.3 is 30.3 Å². The predicted octanol–water partition coefficient (Wildman–Crippen LogP) is 6.45. The second kappa shape index (κ2) is 17.1. The highest BCUT2D eigenvalue weighted by molar-refractivity contribution is 9.10. The van der Waals surface area contributed by atoms with Crippen molar-refractivity contribution < 1.29 is 9.47 Å². The van der Waals surface area contributed by atoms with E-state index in [1.54, 1.807) is 20.3 Å². The molecule has 0 unspecified atom stereocenters. The first-order valence-electron chi connectivity index (χ1n) is 11.7. The minimum absolute atomic E-state index is 0. The maximum absolute atomic E-state index is 6.04. The van der Waals surface area contributed by atoms with Crippen molar-refractivity contribution in [3.8, 4) is 11.5 Å². The topological polar surface area (TPSA) is 57.8 Å². The normalized spacial score (nSPS) is 17.4. The largest absolute Gasteiger partial charge is 0.495 e. The molecule has 2 aliphatic heterocycles. The molecule has 0 atom stereocenters. The number of hydrogen-bond donors (Lipinski definition) is 3. The van der Waals surface area contributed by atoms with Crippen LogP contribution in [0, 0.1) is 0 Å². The van der Waals surface area contributed by atoms with E-state index >= 15 is 0 Å². The van der Waals surface area contributed by atoms with E-state index in [-0.39, 0.29) is 30.4 Å². The molecule has 0 amide bonds. The van der Waals surface area contributed by atoms with Gasteiger partial charge in [-0.1, -0.05) is 39.1 Å². The van der Waals surface area contributed by atoms with Crippen LogP contribution in [-0.2, 0) is 0 Å². The third kappa shape index (κ3) is 12.8. The lowest BCUT2D eigenvalue weighted by Crippen LogP contribution is -2.57. The first-order chi connectivity index (χ1) is 16.5. The SMILES string of the molecule is CC1(C)CNCCN1.COc1cc(Br)ccc1Cl.COc1cc(N2CCNC(C)(C)C2)ccc1Cl.Cl.Cl. The van der Waals surface area contributed by atoms with E-state index in [1.807, 2.05) is 30.3 Å². The summed E-state index contributed by atoms with van der Waals surface area (Å²) in [6, 6.07) is 11.4.